The van der Waals surface area contributed by atoms with Crippen LogP contribution in [0.3, 0.4) is 0 Å². The van der Waals surface area contributed by atoms with E-state index in [-0.39, 0.29) is 12.0 Å². The van der Waals surface area contributed by atoms with Crippen LogP contribution in [0.1, 0.15) is 18.9 Å². The summed E-state index contributed by atoms with van der Waals surface area (Å²) in [5, 5.41) is 8.78. The molecule has 1 unspecified atom stereocenters. The lowest BCUT2D eigenvalue weighted by atomic mass is 9.97. The average Bonchev–Trinajstić information content (AvgIpc) is 2.16. The molecule has 2 nitrogen and oxygen atoms in total. The van der Waals surface area contributed by atoms with Crippen molar-refractivity contribution >= 4 is 5.97 Å². The van der Waals surface area contributed by atoms with Gasteiger partial charge in [0.1, 0.15) is 11.6 Å². The monoisotopic (exact) mass is 214 g/mol. The maximum atomic E-state index is 13.2. The zero-order valence-corrected chi connectivity index (χ0v) is 8.34. The van der Waals surface area contributed by atoms with E-state index in [1.807, 2.05) is 0 Å². The zero-order chi connectivity index (χ0) is 11.4. The molecular weight excluding hydrogens is 202 g/mol. The summed E-state index contributed by atoms with van der Waals surface area (Å²) in [7, 11) is 0. The molecule has 1 aromatic carbocycles. The number of hydrogen-bond acceptors (Lipinski definition) is 1. The average molecular weight is 214 g/mol. The first-order chi connectivity index (χ1) is 7.04. The van der Waals surface area contributed by atoms with Crippen molar-refractivity contribution < 1.29 is 18.7 Å². The zero-order valence-electron chi connectivity index (χ0n) is 8.34. The molecule has 0 radical (unpaired) electrons. The summed E-state index contributed by atoms with van der Waals surface area (Å²) in [5.41, 5.74) is 0.241. The van der Waals surface area contributed by atoms with E-state index in [9.17, 15) is 13.6 Å². The third kappa shape index (κ3) is 3.01. The molecule has 4 heteroatoms. The fourth-order valence-electron chi connectivity index (χ4n) is 1.36. The molecule has 0 saturated heterocycles. The van der Waals surface area contributed by atoms with Gasteiger partial charge in [0, 0.05) is 6.07 Å². The Balaban J connectivity index is 2.84. The summed E-state index contributed by atoms with van der Waals surface area (Å²) in [6.07, 6.45) is 0.518. The van der Waals surface area contributed by atoms with Crippen LogP contribution in [0.4, 0.5) is 8.78 Å². The summed E-state index contributed by atoms with van der Waals surface area (Å²) in [4.78, 5) is 10.7. The first-order valence-electron chi connectivity index (χ1n) is 4.71. The fraction of sp³-hybridized carbons (Fsp3) is 0.364. The van der Waals surface area contributed by atoms with E-state index < -0.39 is 23.5 Å². The molecule has 1 N–H and O–H groups in total. The minimum Gasteiger partial charge on any atom is -0.481 e. The number of carboxylic acids is 1. The number of rotatable bonds is 4. The second-order valence-corrected chi connectivity index (χ2v) is 3.38. The van der Waals surface area contributed by atoms with Gasteiger partial charge in [-0.05, 0) is 24.5 Å². The van der Waals surface area contributed by atoms with Crippen LogP contribution in [0.2, 0.25) is 0 Å². The lowest BCUT2D eigenvalue weighted by Crippen LogP contribution is -2.16. The Morgan fingerprint density at radius 2 is 2.13 bits per heavy atom. The predicted octanol–water partition coefficient (Wildman–Crippen LogP) is 2.62. The van der Waals surface area contributed by atoms with Crippen molar-refractivity contribution in [2.75, 3.05) is 0 Å². The lowest BCUT2D eigenvalue weighted by Gasteiger charge is -2.10. The van der Waals surface area contributed by atoms with Gasteiger partial charge in [-0.3, -0.25) is 4.79 Å². The normalized spacial score (nSPS) is 12.5. The predicted molar refractivity (Wildman–Crippen MR) is 51.5 cm³/mol. The third-order valence-corrected chi connectivity index (χ3v) is 2.32. The molecule has 0 aromatic heterocycles. The van der Waals surface area contributed by atoms with Crippen molar-refractivity contribution in [1.82, 2.24) is 0 Å². The standard InChI is InChI=1S/C11H12F2O2/c1-2-7(11(14)15)5-8-3-4-9(12)6-10(8)13/h3-4,6-7H,2,5H2,1H3,(H,14,15). The number of carbonyl (C=O) groups is 1. The highest BCUT2D eigenvalue weighted by Crippen LogP contribution is 2.16. The Morgan fingerprint density at radius 3 is 2.60 bits per heavy atom. The Labute approximate surface area is 86.5 Å². The number of halogens is 2. The van der Waals surface area contributed by atoms with Crippen LogP contribution in [0, 0.1) is 17.6 Å². The molecule has 0 saturated carbocycles. The Hall–Kier alpha value is -1.45. The van der Waals surface area contributed by atoms with E-state index in [0.717, 1.165) is 12.1 Å². The van der Waals surface area contributed by atoms with Gasteiger partial charge in [-0.15, -0.1) is 0 Å². The van der Waals surface area contributed by atoms with Gasteiger partial charge >= 0.3 is 5.97 Å². The van der Waals surface area contributed by atoms with Gasteiger partial charge in [0.25, 0.3) is 0 Å². The van der Waals surface area contributed by atoms with Crippen molar-refractivity contribution in [1.29, 1.82) is 0 Å². The van der Waals surface area contributed by atoms with E-state index in [4.69, 9.17) is 5.11 Å². The highest BCUT2D eigenvalue weighted by atomic mass is 19.1. The molecule has 0 bridgehead atoms. The maximum absolute atomic E-state index is 13.2. The molecule has 0 fully saturated rings. The van der Waals surface area contributed by atoms with Crippen LogP contribution >= 0.6 is 0 Å². The molecule has 0 aliphatic heterocycles. The topological polar surface area (TPSA) is 37.3 Å². The summed E-state index contributed by atoms with van der Waals surface area (Å²) < 4.78 is 25.7. The number of hydrogen-bond donors (Lipinski definition) is 1. The smallest absolute Gasteiger partial charge is 0.306 e. The number of benzene rings is 1. The molecule has 0 spiro atoms. The van der Waals surface area contributed by atoms with Crippen LogP contribution in [0.5, 0.6) is 0 Å². The Kier molecular flexibility index (Phi) is 3.77. The van der Waals surface area contributed by atoms with Gasteiger partial charge in [0.05, 0.1) is 5.92 Å². The molecule has 15 heavy (non-hydrogen) atoms. The summed E-state index contributed by atoms with van der Waals surface area (Å²) in [6.45, 7) is 1.72. The third-order valence-electron chi connectivity index (χ3n) is 2.32. The highest BCUT2D eigenvalue weighted by molar-refractivity contribution is 5.70. The first-order valence-corrected chi connectivity index (χ1v) is 4.71. The summed E-state index contributed by atoms with van der Waals surface area (Å²) in [5.74, 6) is -2.92. The lowest BCUT2D eigenvalue weighted by molar-refractivity contribution is -0.141. The molecule has 0 aliphatic carbocycles. The summed E-state index contributed by atoms with van der Waals surface area (Å²) in [6, 6.07) is 3.19. The van der Waals surface area contributed by atoms with E-state index in [0.29, 0.717) is 6.42 Å². The second-order valence-electron chi connectivity index (χ2n) is 3.38. The van der Waals surface area contributed by atoms with Crippen LogP contribution in [-0.2, 0) is 11.2 Å². The minimum atomic E-state index is -0.957. The van der Waals surface area contributed by atoms with E-state index in [2.05, 4.69) is 0 Å². The molecule has 1 atom stereocenters. The Morgan fingerprint density at radius 1 is 1.47 bits per heavy atom. The van der Waals surface area contributed by atoms with Crippen LogP contribution in [0.25, 0.3) is 0 Å². The fourth-order valence-corrected chi connectivity index (χ4v) is 1.36. The molecule has 82 valence electrons. The second kappa shape index (κ2) is 4.87. The quantitative estimate of drug-likeness (QED) is 0.836. The SMILES string of the molecule is CCC(Cc1ccc(F)cc1F)C(=O)O. The van der Waals surface area contributed by atoms with Crippen LogP contribution in [-0.4, -0.2) is 11.1 Å². The van der Waals surface area contributed by atoms with Crippen molar-refractivity contribution in [3.63, 3.8) is 0 Å². The number of aliphatic carboxylic acids is 1. The maximum Gasteiger partial charge on any atom is 0.306 e. The van der Waals surface area contributed by atoms with Crippen LogP contribution in [0.15, 0.2) is 18.2 Å². The largest absolute Gasteiger partial charge is 0.481 e. The Bertz CT molecular complexity index is 364. The van der Waals surface area contributed by atoms with E-state index in [1.165, 1.54) is 6.07 Å². The first kappa shape index (κ1) is 11.6. The van der Waals surface area contributed by atoms with E-state index >= 15 is 0 Å². The van der Waals surface area contributed by atoms with Crippen molar-refractivity contribution in [2.45, 2.75) is 19.8 Å². The van der Waals surface area contributed by atoms with Gasteiger partial charge in [-0.2, -0.15) is 0 Å². The van der Waals surface area contributed by atoms with Crippen molar-refractivity contribution in [3.8, 4) is 0 Å². The molecule has 1 aromatic rings. The van der Waals surface area contributed by atoms with Gasteiger partial charge in [-0.25, -0.2) is 8.78 Å². The van der Waals surface area contributed by atoms with Crippen molar-refractivity contribution in [3.05, 3.63) is 35.4 Å². The minimum absolute atomic E-state index is 0.0952. The van der Waals surface area contributed by atoms with Gasteiger partial charge in [0.2, 0.25) is 0 Å². The summed E-state index contributed by atoms with van der Waals surface area (Å²) >= 11 is 0. The molecule has 0 heterocycles. The molecule has 1 rings (SSSR count). The molecule has 0 amide bonds. The molecule has 0 aliphatic rings. The van der Waals surface area contributed by atoms with Gasteiger partial charge in [0.15, 0.2) is 0 Å². The highest BCUT2D eigenvalue weighted by Gasteiger charge is 2.17. The van der Waals surface area contributed by atoms with E-state index in [1.54, 1.807) is 6.92 Å². The van der Waals surface area contributed by atoms with Crippen molar-refractivity contribution in [2.24, 2.45) is 5.92 Å². The molecular formula is C11H12F2O2. The van der Waals surface area contributed by atoms with Gasteiger partial charge < -0.3 is 5.11 Å². The number of carboxylic acid groups (broad SMARTS) is 1. The van der Waals surface area contributed by atoms with Gasteiger partial charge in [-0.1, -0.05) is 13.0 Å². The van der Waals surface area contributed by atoms with Crippen LogP contribution < -0.4 is 0 Å².